The first kappa shape index (κ1) is 11.6. The van der Waals surface area contributed by atoms with Gasteiger partial charge in [0.1, 0.15) is 0 Å². The highest BCUT2D eigenvalue weighted by Gasteiger charge is 2.13. The first-order valence-corrected chi connectivity index (χ1v) is 5.99. The van der Waals surface area contributed by atoms with Crippen molar-refractivity contribution < 1.29 is 0 Å². The monoisotopic (exact) mass is 239 g/mol. The maximum atomic E-state index is 6.32. The van der Waals surface area contributed by atoms with Crippen LogP contribution in [-0.2, 0) is 0 Å². The molecule has 1 N–H and O–H groups in total. The van der Waals surface area contributed by atoms with E-state index in [1.165, 1.54) is 0 Å². The van der Waals surface area contributed by atoms with Crippen LogP contribution >= 0.6 is 11.6 Å². The quantitative estimate of drug-likeness (QED) is 0.850. The Kier molecular flexibility index (Phi) is 3.56. The number of halogens is 1. The van der Waals surface area contributed by atoms with Crippen molar-refractivity contribution in [2.24, 2.45) is 0 Å². The Hall–Kier alpha value is -0.930. The first-order chi connectivity index (χ1) is 7.68. The molecule has 0 atom stereocenters. The van der Waals surface area contributed by atoms with Crippen LogP contribution in [0.2, 0.25) is 5.02 Å². The summed E-state index contributed by atoms with van der Waals surface area (Å²) in [4.78, 5) is 4.39. The van der Waals surface area contributed by atoms with E-state index in [-0.39, 0.29) is 0 Å². The highest BCUT2D eigenvalue weighted by atomic mass is 35.5. The molecular formula is C12H18ClN3. The van der Waals surface area contributed by atoms with Crippen molar-refractivity contribution in [2.75, 3.05) is 50.1 Å². The lowest BCUT2D eigenvalue weighted by molar-refractivity contribution is 0.589. The van der Waals surface area contributed by atoms with Crippen molar-refractivity contribution in [3.8, 4) is 0 Å². The molecule has 4 heteroatoms. The summed E-state index contributed by atoms with van der Waals surface area (Å²) >= 11 is 6.32. The van der Waals surface area contributed by atoms with Gasteiger partial charge in [0.15, 0.2) is 0 Å². The van der Waals surface area contributed by atoms with Crippen LogP contribution in [0, 0.1) is 0 Å². The highest BCUT2D eigenvalue weighted by Crippen LogP contribution is 2.29. The minimum absolute atomic E-state index is 0.841. The van der Waals surface area contributed by atoms with E-state index in [2.05, 4.69) is 27.2 Å². The molecule has 0 unspecified atom stereocenters. The standard InChI is InChI=1S/C12H18ClN3/c1-15(2)10-3-4-12(11(13)9-10)16-7-5-14-6-8-16/h3-4,9,14H,5-8H2,1-2H3. The molecule has 0 radical (unpaired) electrons. The molecule has 2 rings (SSSR count). The van der Waals surface area contributed by atoms with Crippen LogP contribution in [-0.4, -0.2) is 40.3 Å². The zero-order chi connectivity index (χ0) is 11.5. The number of piperazine rings is 1. The number of nitrogens with zero attached hydrogens (tertiary/aromatic N) is 2. The third-order valence-electron chi connectivity index (χ3n) is 2.91. The predicted molar refractivity (Wildman–Crippen MR) is 70.9 cm³/mol. The van der Waals surface area contributed by atoms with E-state index in [9.17, 15) is 0 Å². The van der Waals surface area contributed by atoms with Crippen molar-refractivity contribution in [2.45, 2.75) is 0 Å². The molecule has 1 aliphatic heterocycles. The van der Waals surface area contributed by atoms with Gasteiger partial charge in [0, 0.05) is 46.0 Å². The van der Waals surface area contributed by atoms with Crippen LogP contribution < -0.4 is 15.1 Å². The van der Waals surface area contributed by atoms with Gasteiger partial charge in [0.05, 0.1) is 10.7 Å². The van der Waals surface area contributed by atoms with Crippen LogP contribution in [0.15, 0.2) is 18.2 Å². The molecular weight excluding hydrogens is 222 g/mol. The van der Waals surface area contributed by atoms with Crippen molar-refractivity contribution in [3.63, 3.8) is 0 Å². The highest BCUT2D eigenvalue weighted by molar-refractivity contribution is 6.33. The number of hydrogen-bond donors (Lipinski definition) is 1. The first-order valence-electron chi connectivity index (χ1n) is 5.61. The Morgan fingerprint density at radius 3 is 2.50 bits per heavy atom. The topological polar surface area (TPSA) is 18.5 Å². The predicted octanol–water partition coefficient (Wildman–Crippen LogP) is 1.82. The molecule has 3 nitrogen and oxygen atoms in total. The van der Waals surface area contributed by atoms with Crippen molar-refractivity contribution in [3.05, 3.63) is 23.2 Å². The summed E-state index contributed by atoms with van der Waals surface area (Å²) < 4.78 is 0. The molecule has 0 bridgehead atoms. The van der Waals surface area contributed by atoms with Gasteiger partial charge in [0.25, 0.3) is 0 Å². The molecule has 1 aromatic carbocycles. The summed E-state index contributed by atoms with van der Waals surface area (Å²) in [5, 5.41) is 4.18. The maximum Gasteiger partial charge on any atom is 0.0660 e. The van der Waals surface area contributed by atoms with Crippen LogP contribution in [0.3, 0.4) is 0 Å². The lowest BCUT2D eigenvalue weighted by Crippen LogP contribution is -2.43. The third-order valence-corrected chi connectivity index (χ3v) is 3.21. The third kappa shape index (κ3) is 2.42. The van der Waals surface area contributed by atoms with E-state index in [1.54, 1.807) is 0 Å². The summed E-state index contributed by atoms with van der Waals surface area (Å²) in [5.74, 6) is 0. The van der Waals surface area contributed by atoms with E-state index in [0.717, 1.165) is 42.6 Å². The van der Waals surface area contributed by atoms with Crippen LogP contribution in [0.1, 0.15) is 0 Å². The molecule has 1 saturated heterocycles. The molecule has 88 valence electrons. The normalized spacial score (nSPS) is 16.3. The van der Waals surface area contributed by atoms with Crippen LogP contribution in [0.25, 0.3) is 0 Å². The maximum absolute atomic E-state index is 6.32. The lowest BCUT2D eigenvalue weighted by Gasteiger charge is -2.30. The van der Waals surface area contributed by atoms with Crippen molar-refractivity contribution in [1.82, 2.24) is 5.32 Å². The van der Waals surface area contributed by atoms with E-state index >= 15 is 0 Å². The Bertz CT molecular complexity index is 359. The van der Waals surface area contributed by atoms with Gasteiger partial charge in [-0.1, -0.05) is 11.6 Å². The van der Waals surface area contributed by atoms with Gasteiger partial charge < -0.3 is 15.1 Å². The number of anilines is 2. The van der Waals surface area contributed by atoms with Gasteiger partial charge in [-0.05, 0) is 18.2 Å². The summed E-state index contributed by atoms with van der Waals surface area (Å²) in [7, 11) is 4.05. The summed E-state index contributed by atoms with van der Waals surface area (Å²) in [6, 6.07) is 6.26. The minimum atomic E-state index is 0.841. The van der Waals surface area contributed by atoms with Gasteiger partial charge in [0.2, 0.25) is 0 Å². The van der Waals surface area contributed by atoms with Gasteiger partial charge in [-0.3, -0.25) is 0 Å². The SMILES string of the molecule is CN(C)c1ccc(N2CCNCC2)c(Cl)c1. The Morgan fingerprint density at radius 2 is 1.94 bits per heavy atom. The lowest BCUT2D eigenvalue weighted by atomic mass is 10.2. The second kappa shape index (κ2) is 4.93. The average Bonchev–Trinajstić information content (AvgIpc) is 2.30. The van der Waals surface area contributed by atoms with E-state index in [4.69, 9.17) is 11.6 Å². The fraction of sp³-hybridized carbons (Fsp3) is 0.500. The van der Waals surface area contributed by atoms with Crippen molar-refractivity contribution >= 4 is 23.0 Å². The van der Waals surface area contributed by atoms with Gasteiger partial charge >= 0.3 is 0 Å². The number of hydrogen-bond acceptors (Lipinski definition) is 3. The summed E-state index contributed by atoms with van der Waals surface area (Å²) in [5.41, 5.74) is 2.29. The molecule has 1 aliphatic rings. The number of rotatable bonds is 2. The molecule has 0 aliphatic carbocycles. The molecule has 1 fully saturated rings. The summed E-state index contributed by atoms with van der Waals surface area (Å²) in [6.45, 7) is 4.12. The molecule has 0 aromatic heterocycles. The van der Waals surface area contributed by atoms with Gasteiger partial charge in [-0.25, -0.2) is 0 Å². The Labute approximate surface area is 102 Å². The largest absolute Gasteiger partial charge is 0.378 e. The van der Waals surface area contributed by atoms with Crippen LogP contribution in [0.5, 0.6) is 0 Å². The molecule has 0 amide bonds. The number of benzene rings is 1. The van der Waals surface area contributed by atoms with Gasteiger partial charge in [-0.15, -0.1) is 0 Å². The fourth-order valence-corrected chi connectivity index (χ4v) is 2.23. The smallest absolute Gasteiger partial charge is 0.0660 e. The second-order valence-electron chi connectivity index (χ2n) is 4.27. The molecule has 0 saturated carbocycles. The number of nitrogens with one attached hydrogen (secondary N) is 1. The van der Waals surface area contributed by atoms with E-state index in [0.29, 0.717) is 0 Å². The summed E-state index contributed by atoms with van der Waals surface area (Å²) in [6.07, 6.45) is 0. The molecule has 1 heterocycles. The fourth-order valence-electron chi connectivity index (χ4n) is 1.94. The second-order valence-corrected chi connectivity index (χ2v) is 4.67. The molecule has 16 heavy (non-hydrogen) atoms. The molecule has 1 aromatic rings. The zero-order valence-electron chi connectivity index (χ0n) is 9.83. The Morgan fingerprint density at radius 1 is 1.25 bits per heavy atom. The van der Waals surface area contributed by atoms with Gasteiger partial charge in [-0.2, -0.15) is 0 Å². The van der Waals surface area contributed by atoms with E-state index in [1.807, 2.05) is 20.2 Å². The molecule has 0 spiro atoms. The average molecular weight is 240 g/mol. The minimum Gasteiger partial charge on any atom is -0.378 e. The van der Waals surface area contributed by atoms with Crippen LogP contribution in [0.4, 0.5) is 11.4 Å². The zero-order valence-corrected chi connectivity index (χ0v) is 10.6. The Balaban J connectivity index is 2.21. The van der Waals surface area contributed by atoms with E-state index < -0.39 is 0 Å². The van der Waals surface area contributed by atoms with Crippen molar-refractivity contribution in [1.29, 1.82) is 0 Å².